The first-order chi connectivity index (χ1) is 20.0. The van der Waals surface area contributed by atoms with Crippen molar-refractivity contribution in [3.8, 4) is 6.07 Å². The second-order valence-electron chi connectivity index (χ2n) is 11.9. The highest BCUT2D eigenvalue weighted by Crippen LogP contribution is 2.53. The molecule has 0 aromatic heterocycles. The molecular formula is C31H37ClF3N3O4. The first-order valence-electron chi connectivity index (χ1n) is 14.2. The van der Waals surface area contributed by atoms with Crippen LogP contribution in [-0.2, 0) is 14.9 Å². The van der Waals surface area contributed by atoms with Gasteiger partial charge in [0.25, 0.3) is 0 Å². The van der Waals surface area contributed by atoms with Gasteiger partial charge in [0.1, 0.15) is 11.2 Å². The number of rotatable bonds is 10. The number of nitriles is 1. The van der Waals surface area contributed by atoms with E-state index in [-0.39, 0.29) is 35.0 Å². The van der Waals surface area contributed by atoms with E-state index in [1.54, 1.807) is 0 Å². The lowest BCUT2D eigenvalue weighted by Gasteiger charge is -2.42. The van der Waals surface area contributed by atoms with E-state index in [2.05, 4.69) is 16.7 Å². The number of amides is 1. The lowest BCUT2D eigenvalue weighted by Crippen LogP contribution is -2.47. The van der Waals surface area contributed by atoms with E-state index >= 15 is 8.78 Å². The van der Waals surface area contributed by atoms with E-state index in [0.29, 0.717) is 19.6 Å². The van der Waals surface area contributed by atoms with Crippen LogP contribution in [0.5, 0.6) is 0 Å². The zero-order valence-corrected chi connectivity index (χ0v) is 24.4. The zero-order chi connectivity index (χ0) is 30.7. The van der Waals surface area contributed by atoms with Crippen LogP contribution in [0.4, 0.5) is 13.2 Å². The van der Waals surface area contributed by atoms with Gasteiger partial charge in [-0.3, -0.25) is 4.79 Å². The Morgan fingerprint density at radius 2 is 1.95 bits per heavy atom. The summed E-state index contributed by atoms with van der Waals surface area (Å²) in [6, 6.07) is 7.58. The van der Waals surface area contributed by atoms with Crippen molar-refractivity contribution < 1.29 is 32.9 Å². The molecule has 0 bridgehead atoms. The summed E-state index contributed by atoms with van der Waals surface area (Å²) in [4.78, 5) is 13.7. The number of aliphatic hydroxyl groups is 2. The molecule has 2 aliphatic rings. The van der Waals surface area contributed by atoms with Gasteiger partial charge >= 0.3 is 0 Å². The van der Waals surface area contributed by atoms with Crippen LogP contribution >= 0.6 is 11.6 Å². The van der Waals surface area contributed by atoms with E-state index in [9.17, 15) is 19.6 Å². The highest BCUT2D eigenvalue weighted by atomic mass is 35.5. The second kappa shape index (κ2) is 13.3. The van der Waals surface area contributed by atoms with Gasteiger partial charge < -0.3 is 25.6 Å². The van der Waals surface area contributed by atoms with Crippen molar-refractivity contribution in [3.63, 3.8) is 0 Å². The first kappa shape index (κ1) is 32.2. The molecule has 0 spiro atoms. The van der Waals surface area contributed by atoms with Gasteiger partial charge in [-0.1, -0.05) is 43.6 Å². The highest BCUT2D eigenvalue weighted by molar-refractivity contribution is 6.30. The Hall–Kier alpha value is -2.68. The number of nitrogens with one attached hydrogen (secondary N) is 2. The predicted molar refractivity (Wildman–Crippen MR) is 151 cm³/mol. The summed E-state index contributed by atoms with van der Waals surface area (Å²) < 4.78 is 51.6. The van der Waals surface area contributed by atoms with Crippen molar-refractivity contribution in [2.75, 3.05) is 26.4 Å². The average Bonchev–Trinajstić information content (AvgIpc) is 3.28. The highest BCUT2D eigenvalue weighted by Gasteiger charge is 2.61. The summed E-state index contributed by atoms with van der Waals surface area (Å²) in [7, 11) is 0. The molecule has 2 saturated heterocycles. The minimum Gasteiger partial charge on any atom is -0.394 e. The fourth-order valence-corrected chi connectivity index (χ4v) is 6.84. The lowest BCUT2D eigenvalue weighted by molar-refractivity contribution is -0.123. The van der Waals surface area contributed by atoms with Crippen molar-refractivity contribution in [2.45, 2.75) is 69.1 Å². The lowest BCUT2D eigenvalue weighted by atomic mass is 9.60. The molecule has 0 saturated carbocycles. The van der Waals surface area contributed by atoms with Crippen LogP contribution in [0, 0.1) is 40.1 Å². The van der Waals surface area contributed by atoms with Crippen LogP contribution in [-0.4, -0.2) is 60.7 Å². The zero-order valence-electron chi connectivity index (χ0n) is 23.7. The smallest absolute Gasteiger partial charge is 0.237 e. The van der Waals surface area contributed by atoms with Crippen molar-refractivity contribution in [2.24, 2.45) is 11.3 Å². The van der Waals surface area contributed by atoms with E-state index in [0.717, 1.165) is 25.0 Å². The fourth-order valence-electron chi connectivity index (χ4n) is 6.68. The van der Waals surface area contributed by atoms with Gasteiger partial charge in [-0.2, -0.15) is 5.26 Å². The van der Waals surface area contributed by atoms with E-state index in [1.807, 2.05) is 13.8 Å². The third kappa shape index (κ3) is 6.31. The maximum Gasteiger partial charge on any atom is 0.237 e. The van der Waals surface area contributed by atoms with Crippen LogP contribution in [0.2, 0.25) is 5.02 Å². The molecule has 7 nitrogen and oxygen atoms in total. The quantitative estimate of drug-likeness (QED) is 0.319. The number of halogens is 4. The third-order valence-electron chi connectivity index (χ3n) is 8.96. The molecule has 2 aliphatic heterocycles. The van der Waals surface area contributed by atoms with Gasteiger partial charge in [-0.25, -0.2) is 13.2 Å². The van der Waals surface area contributed by atoms with Crippen molar-refractivity contribution in [3.05, 3.63) is 70.0 Å². The van der Waals surface area contributed by atoms with E-state index in [1.165, 1.54) is 24.3 Å². The number of ether oxygens (including phenoxy) is 1. The number of hydrogen-bond donors (Lipinski definition) is 4. The van der Waals surface area contributed by atoms with E-state index in [4.69, 9.17) is 21.4 Å². The summed E-state index contributed by atoms with van der Waals surface area (Å²) in [5, 5.41) is 35.9. The fraction of sp³-hybridized carbons (Fsp3) is 0.548. The molecule has 5 atom stereocenters. The molecule has 2 fully saturated rings. The molecule has 2 heterocycles. The summed E-state index contributed by atoms with van der Waals surface area (Å²) in [5.74, 6) is -4.95. The van der Waals surface area contributed by atoms with Crippen LogP contribution in [0.1, 0.15) is 56.6 Å². The normalized spacial score (nSPS) is 25.6. The Bertz CT molecular complexity index is 1320. The monoisotopic (exact) mass is 607 g/mol. The van der Waals surface area contributed by atoms with Crippen LogP contribution in [0.3, 0.4) is 0 Å². The van der Waals surface area contributed by atoms with Gasteiger partial charge in [0.15, 0.2) is 11.6 Å². The number of benzene rings is 2. The standard InChI is InChI=1S/C31H37ClF3N3O4/c1-30(2,18-9-12-42-13-10-18)15-25-31(17-36,22-7-6-19(32)14-24(22)34)26(21-4-3-5-23(33)27(21)35)28(38-25)29(41)37-11-8-20(40)16-39/h3-7,14,18,20,25-26,28,38-40H,8-13,15-16H2,1-2H3,(H,37,41)/t20-,25-,26-,28+,31-/m0/s1. The third-order valence-corrected chi connectivity index (χ3v) is 9.19. The molecule has 1 amide bonds. The molecule has 2 aromatic carbocycles. The maximum atomic E-state index is 15.8. The number of aliphatic hydroxyl groups excluding tert-OH is 2. The molecule has 0 radical (unpaired) electrons. The molecule has 42 heavy (non-hydrogen) atoms. The second-order valence-corrected chi connectivity index (χ2v) is 12.4. The molecule has 228 valence electrons. The van der Waals surface area contributed by atoms with E-state index < -0.39 is 64.9 Å². The average molecular weight is 608 g/mol. The molecular weight excluding hydrogens is 571 g/mol. The first-order valence-corrected chi connectivity index (χ1v) is 14.5. The van der Waals surface area contributed by atoms with Crippen molar-refractivity contribution in [1.29, 1.82) is 5.26 Å². The Kier molecular flexibility index (Phi) is 10.2. The summed E-state index contributed by atoms with van der Waals surface area (Å²) >= 11 is 6.07. The number of carbonyl (C=O) groups is 1. The summed E-state index contributed by atoms with van der Waals surface area (Å²) in [6.07, 6.45) is 0.867. The van der Waals surface area contributed by atoms with Gasteiger partial charge in [-0.15, -0.1) is 0 Å². The molecule has 2 aromatic rings. The van der Waals surface area contributed by atoms with Gasteiger partial charge in [0, 0.05) is 42.3 Å². The van der Waals surface area contributed by atoms with Gasteiger partial charge in [0.2, 0.25) is 5.91 Å². The van der Waals surface area contributed by atoms with Crippen molar-refractivity contribution >= 4 is 17.5 Å². The van der Waals surface area contributed by atoms with Crippen molar-refractivity contribution in [1.82, 2.24) is 10.6 Å². The summed E-state index contributed by atoms with van der Waals surface area (Å²) in [5.41, 5.74) is -2.57. The molecule has 4 rings (SSSR count). The van der Waals surface area contributed by atoms with Crippen LogP contribution < -0.4 is 10.6 Å². The van der Waals surface area contributed by atoms with Gasteiger partial charge in [0.05, 0.1) is 24.8 Å². The van der Waals surface area contributed by atoms with Gasteiger partial charge in [-0.05, 0) is 60.8 Å². The number of carbonyl (C=O) groups excluding carboxylic acids is 1. The minimum absolute atomic E-state index is 0.0236. The predicted octanol–water partition coefficient (Wildman–Crippen LogP) is 4.35. The maximum absolute atomic E-state index is 15.8. The molecule has 11 heteroatoms. The van der Waals surface area contributed by atoms with Crippen LogP contribution in [0.15, 0.2) is 36.4 Å². The Morgan fingerprint density at radius 3 is 2.60 bits per heavy atom. The SMILES string of the molecule is CC(C)(C[C@@H]1N[C@@H](C(=O)NCC[C@H](O)CO)[C@H](c2cccc(F)c2F)[C@@]1(C#N)c1ccc(Cl)cc1F)C1CCOCC1. The topological polar surface area (TPSA) is 115 Å². The number of nitrogens with zero attached hydrogens (tertiary/aromatic N) is 1. The largest absolute Gasteiger partial charge is 0.394 e. The molecule has 4 N–H and O–H groups in total. The minimum atomic E-state index is -1.85. The Balaban J connectivity index is 1.88. The Morgan fingerprint density at radius 1 is 1.24 bits per heavy atom. The molecule has 0 aliphatic carbocycles. The number of hydrogen-bond acceptors (Lipinski definition) is 6. The summed E-state index contributed by atoms with van der Waals surface area (Å²) in [6.45, 7) is 4.75. The molecule has 0 unspecified atom stereocenters. The van der Waals surface area contributed by atoms with Crippen LogP contribution in [0.25, 0.3) is 0 Å². The Labute approximate surface area is 249 Å².